The summed E-state index contributed by atoms with van der Waals surface area (Å²) in [5.41, 5.74) is -0.875. The average Bonchev–Trinajstić information content (AvgIpc) is 1.89. The topological polar surface area (TPSA) is 3.24 Å². The molecule has 1 aliphatic carbocycles. The fourth-order valence-corrected chi connectivity index (χ4v) is 2.11. The number of halogens is 1. The third-order valence-electron chi connectivity index (χ3n) is 3.43. The van der Waals surface area contributed by atoms with E-state index < -0.39 is 5.67 Å². The van der Waals surface area contributed by atoms with Crippen LogP contribution in [-0.4, -0.2) is 29.7 Å². The molecule has 0 aromatic rings. The zero-order valence-corrected chi connectivity index (χ0v) is 7.85. The number of likely N-dealkylation sites (tertiary alicyclic amines) is 1. The maximum Gasteiger partial charge on any atom is 0.110 e. The van der Waals surface area contributed by atoms with Crippen molar-refractivity contribution >= 4 is 0 Å². The lowest BCUT2D eigenvalue weighted by Gasteiger charge is -2.42. The molecule has 1 saturated carbocycles. The Morgan fingerprint density at radius 2 is 1.83 bits per heavy atom. The Kier molecular flexibility index (Phi) is 2.11. The lowest BCUT2D eigenvalue weighted by molar-refractivity contribution is 0.0291. The predicted molar refractivity (Wildman–Crippen MR) is 48.0 cm³/mol. The zero-order chi connectivity index (χ0) is 8.60. The Hall–Kier alpha value is -0.110. The van der Waals surface area contributed by atoms with Gasteiger partial charge < -0.3 is 4.90 Å². The van der Waals surface area contributed by atoms with Gasteiger partial charge in [0.05, 0.1) is 0 Å². The lowest BCUT2D eigenvalue weighted by Crippen LogP contribution is -2.47. The van der Waals surface area contributed by atoms with E-state index in [1.54, 1.807) is 6.92 Å². The molecule has 1 aliphatic heterocycles. The van der Waals surface area contributed by atoms with Crippen molar-refractivity contribution in [3.05, 3.63) is 0 Å². The molecular formula is C10H18FN. The molecule has 0 aromatic carbocycles. The molecule has 0 N–H and O–H groups in total. The van der Waals surface area contributed by atoms with Crippen LogP contribution in [0.3, 0.4) is 0 Å². The summed E-state index contributed by atoms with van der Waals surface area (Å²) in [6.07, 6.45) is 5.56. The smallest absolute Gasteiger partial charge is 0.110 e. The Labute approximate surface area is 73.9 Å². The summed E-state index contributed by atoms with van der Waals surface area (Å²) in [7, 11) is 0. The first-order valence-corrected chi connectivity index (χ1v) is 5.10. The quantitative estimate of drug-likeness (QED) is 0.585. The fourth-order valence-electron chi connectivity index (χ4n) is 2.11. The van der Waals surface area contributed by atoms with E-state index in [0.717, 1.165) is 32.0 Å². The summed E-state index contributed by atoms with van der Waals surface area (Å²) in [5.74, 6) is 0. The van der Waals surface area contributed by atoms with Gasteiger partial charge >= 0.3 is 0 Å². The van der Waals surface area contributed by atoms with E-state index in [4.69, 9.17) is 0 Å². The molecule has 1 nitrogen and oxygen atoms in total. The van der Waals surface area contributed by atoms with Gasteiger partial charge in [0.25, 0.3) is 0 Å². The summed E-state index contributed by atoms with van der Waals surface area (Å²) < 4.78 is 13.4. The highest BCUT2D eigenvalue weighted by atomic mass is 19.1. The number of hydrogen-bond acceptors (Lipinski definition) is 1. The van der Waals surface area contributed by atoms with Crippen LogP contribution >= 0.6 is 0 Å². The number of rotatable bonds is 1. The Balaban J connectivity index is 1.81. The third-order valence-corrected chi connectivity index (χ3v) is 3.43. The van der Waals surface area contributed by atoms with E-state index in [9.17, 15) is 4.39 Å². The van der Waals surface area contributed by atoms with Gasteiger partial charge in [0.2, 0.25) is 0 Å². The molecule has 0 aromatic heterocycles. The zero-order valence-electron chi connectivity index (χ0n) is 7.85. The Morgan fingerprint density at radius 1 is 1.25 bits per heavy atom. The van der Waals surface area contributed by atoms with E-state index in [-0.39, 0.29) is 0 Å². The van der Waals surface area contributed by atoms with Crippen LogP contribution in [0, 0.1) is 0 Å². The highest BCUT2D eigenvalue weighted by Gasteiger charge is 2.33. The Morgan fingerprint density at radius 3 is 2.25 bits per heavy atom. The number of nitrogens with zero attached hydrogens (tertiary/aromatic N) is 1. The Bertz CT molecular complexity index is 153. The third kappa shape index (κ3) is 1.63. The summed E-state index contributed by atoms with van der Waals surface area (Å²) in [6, 6.07) is 0.807. The molecule has 0 atom stereocenters. The van der Waals surface area contributed by atoms with Crippen LogP contribution in [0.15, 0.2) is 0 Å². The standard InChI is InChI=1S/C10H18FN/c1-10(11)5-7-12(8-6-10)9-3-2-4-9/h9H,2-8H2,1H3. The molecule has 1 heterocycles. The van der Waals surface area contributed by atoms with Crippen molar-refractivity contribution in [2.24, 2.45) is 0 Å². The van der Waals surface area contributed by atoms with Crippen molar-refractivity contribution in [2.45, 2.75) is 50.7 Å². The summed E-state index contributed by atoms with van der Waals surface area (Å²) in [6.45, 7) is 3.71. The van der Waals surface area contributed by atoms with Gasteiger partial charge in [-0.15, -0.1) is 0 Å². The molecule has 0 spiro atoms. The van der Waals surface area contributed by atoms with E-state index in [2.05, 4.69) is 4.90 Å². The molecule has 2 fully saturated rings. The SMILES string of the molecule is CC1(F)CCN(C2CCC2)CC1. The van der Waals surface area contributed by atoms with Gasteiger partial charge in [-0.05, 0) is 32.6 Å². The minimum atomic E-state index is -0.875. The average molecular weight is 171 g/mol. The lowest BCUT2D eigenvalue weighted by atomic mass is 9.87. The van der Waals surface area contributed by atoms with E-state index in [0.29, 0.717) is 0 Å². The van der Waals surface area contributed by atoms with Gasteiger partial charge in [-0.3, -0.25) is 0 Å². The second kappa shape index (κ2) is 2.99. The molecule has 0 radical (unpaired) electrons. The molecule has 70 valence electrons. The second-order valence-electron chi connectivity index (χ2n) is 4.53. The molecule has 2 heteroatoms. The van der Waals surface area contributed by atoms with Crippen LogP contribution in [-0.2, 0) is 0 Å². The van der Waals surface area contributed by atoms with Crippen molar-refractivity contribution in [1.29, 1.82) is 0 Å². The van der Waals surface area contributed by atoms with Crippen LogP contribution in [0.5, 0.6) is 0 Å². The predicted octanol–water partition coefficient (Wildman–Crippen LogP) is 2.36. The van der Waals surface area contributed by atoms with Crippen LogP contribution < -0.4 is 0 Å². The van der Waals surface area contributed by atoms with Gasteiger partial charge in [-0.2, -0.15) is 0 Å². The first kappa shape index (κ1) is 8.49. The summed E-state index contributed by atoms with van der Waals surface area (Å²) >= 11 is 0. The highest BCUT2D eigenvalue weighted by molar-refractivity contribution is 4.88. The van der Waals surface area contributed by atoms with Crippen LogP contribution in [0.25, 0.3) is 0 Å². The van der Waals surface area contributed by atoms with Crippen molar-refractivity contribution in [3.8, 4) is 0 Å². The van der Waals surface area contributed by atoms with Crippen LogP contribution in [0.2, 0.25) is 0 Å². The van der Waals surface area contributed by atoms with Crippen molar-refractivity contribution < 1.29 is 4.39 Å². The van der Waals surface area contributed by atoms with Gasteiger partial charge in [-0.25, -0.2) is 4.39 Å². The van der Waals surface area contributed by atoms with Crippen molar-refractivity contribution in [2.75, 3.05) is 13.1 Å². The summed E-state index contributed by atoms with van der Waals surface area (Å²) in [5, 5.41) is 0. The summed E-state index contributed by atoms with van der Waals surface area (Å²) in [4.78, 5) is 2.48. The maximum absolute atomic E-state index is 13.4. The molecule has 12 heavy (non-hydrogen) atoms. The minimum Gasteiger partial charge on any atom is -0.300 e. The van der Waals surface area contributed by atoms with Gasteiger partial charge in [0.1, 0.15) is 5.67 Å². The second-order valence-corrected chi connectivity index (χ2v) is 4.53. The largest absolute Gasteiger partial charge is 0.300 e. The monoisotopic (exact) mass is 171 g/mol. The number of hydrogen-bond donors (Lipinski definition) is 0. The van der Waals surface area contributed by atoms with Crippen LogP contribution in [0.1, 0.15) is 39.0 Å². The van der Waals surface area contributed by atoms with Crippen molar-refractivity contribution in [3.63, 3.8) is 0 Å². The van der Waals surface area contributed by atoms with Crippen molar-refractivity contribution in [1.82, 2.24) is 4.90 Å². The van der Waals surface area contributed by atoms with E-state index in [1.807, 2.05) is 0 Å². The number of piperidine rings is 1. The number of alkyl halides is 1. The fraction of sp³-hybridized carbons (Fsp3) is 1.00. The normalized spacial score (nSPS) is 31.5. The molecular weight excluding hydrogens is 153 g/mol. The van der Waals surface area contributed by atoms with Crippen LogP contribution in [0.4, 0.5) is 4.39 Å². The first-order chi connectivity index (χ1) is 5.67. The molecule has 2 aliphatic rings. The van der Waals surface area contributed by atoms with Gasteiger partial charge in [0.15, 0.2) is 0 Å². The first-order valence-electron chi connectivity index (χ1n) is 5.10. The molecule has 1 saturated heterocycles. The molecule has 0 unspecified atom stereocenters. The van der Waals surface area contributed by atoms with E-state index in [1.165, 1.54) is 19.3 Å². The molecule has 2 rings (SSSR count). The van der Waals surface area contributed by atoms with Gasteiger partial charge in [0, 0.05) is 19.1 Å². The van der Waals surface area contributed by atoms with E-state index >= 15 is 0 Å². The minimum absolute atomic E-state index is 0.740. The molecule has 0 bridgehead atoms. The maximum atomic E-state index is 13.4. The highest BCUT2D eigenvalue weighted by Crippen LogP contribution is 2.31. The van der Waals surface area contributed by atoms with Gasteiger partial charge in [-0.1, -0.05) is 6.42 Å². The molecule has 0 amide bonds.